The molecule has 0 N–H and O–H groups in total. The number of carbonyl (C=O) groups excluding carboxylic acids is 1. The molecule has 1 spiro atoms. The summed E-state index contributed by atoms with van der Waals surface area (Å²) in [6, 6.07) is 8.56. The van der Waals surface area contributed by atoms with Crippen LogP contribution in [0.25, 0.3) is 0 Å². The second-order valence-corrected chi connectivity index (χ2v) is 6.61. The zero-order valence-electron chi connectivity index (χ0n) is 13.5. The van der Waals surface area contributed by atoms with Crippen molar-refractivity contribution in [2.45, 2.75) is 64.0 Å². The van der Waals surface area contributed by atoms with Crippen molar-refractivity contribution in [3.05, 3.63) is 29.8 Å². The van der Waals surface area contributed by atoms with Crippen LogP contribution in [0.4, 0.5) is 5.69 Å². The normalized spacial score (nSPS) is 23.1. The first-order valence-electron chi connectivity index (χ1n) is 8.10. The van der Waals surface area contributed by atoms with E-state index in [1.165, 1.54) is 18.4 Å². The molecule has 1 saturated heterocycles. The largest absolute Gasteiger partial charge is 0.375 e. The summed E-state index contributed by atoms with van der Waals surface area (Å²) >= 11 is 0. The third-order valence-corrected chi connectivity index (χ3v) is 5.00. The monoisotopic (exact) mass is 323 g/mol. The summed E-state index contributed by atoms with van der Waals surface area (Å²) < 4.78 is 6.10. The fourth-order valence-corrected chi connectivity index (χ4v) is 3.95. The van der Waals surface area contributed by atoms with Gasteiger partial charge in [-0.2, -0.15) is 0 Å². The molecule has 22 heavy (non-hydrogen) atoms. The number of aryl methyl sites for hydroxylation is 1. The van der Waals surface area contributed by atoms with Crippen LogP contribution in [0, 0.1) is 6.92 Å². The first-order valence-corrected chi connectivity index (χ1v) is 8.10. The lowest BCUT2D eigenvalue weighted by molar-refractivity contribution is -0.119. The Labute approximate surface area is 139 Å². The van der Waals surface area contributed by atoms with Gasteiger partial charge < -0.3 is 9.64 Å². The lowest BCUT2D eigenvalue weighted by atomic mass is 9.88. The SMILES string of the molecule is CC(=O)N(c1ccc(C)cc1)C1CCOC2(CCCC2)C1.Cl. The lowest BCUT2D eigenvalue weighted by Crippen LogP contribution is -2.49. The van der Waals surface area contributed by atoms with Crippen molar-refractivity contribution in [1.82, 2.24) is 0 Å². The van der Waals surface area contributed by atoms with Gasteiger partial charge in [0, 0.05) is 25.3 Å². The van der Waals surface area contributed by atoms with Crippen molar-refractivity contribution >= 4 is 24.0 Å². The fraction of sp³-hybridized carbons (Fsp3) is 0.611. The van der Waals surface area contributed by atoms with Crippen LogP contribution < -0.4 is 4.90 Å². The average Bonchev–Trinajstić information content (AvgIpc) is 2.89. The van der Waals surface area contributed by atoms with E-state index in [1.807, 2.05) is 4.90 Å². The molecule has 1 heterocycles. The van der Waals surface area contributed by atoms with Gasteiger partial charge in [0.25, 0.3) is 0 Å². The molecule has 0 aromatic heterocycles. The van der Waals surface area contributed by atoms with Gasteiger partial charge in [-0.25, -0.2) is 0 Å². The van der Waals surface area contributed by atoms with Crippen LogP contribution in [0.1, 0.15) is 51.0 Å². The summed E-state index contributed by atoms with van der Waals surface area (Å²) in [6.45, 7) is 4.53. The van der Waals surface area contributed by atoms with E-state index in [4.69, 9.17) is 4.74 Å². The average molecular weight is 324 g/mol. The zero-order valence-corrected chi connectivity index (χ0v) is 14.3. The van der Waals surface area contributed by atoms with Crippen molar-refractivity contribution < 1.29 is 9.53 Å². The molecule has 1 saturated carbocycles. The number of carbonyl (C=O) groups is 1. The van der Waals surface area contributed by atoms with E-state index >= 15 is 0 Å². The van der Waals surface area contributed by atoms with Crippen LogP contribution in [-0.4, -0.2) is 24.2 Å². The Morgan fingerprint density at radius 1 is 1.23 bits per heavy atom. The molecule has 3 rings (SSSR count). The van der Waals surface area contributed by atoms with Gasteiger partial charge in [-0.15, -0.1) is 12.4 Å². The topological polar surface area (TPSA) is 29.5 Å². The fourth-order valence-electron chi connectivity index (χ4n) is 3.95. The van der Waals surface area contributed by atoms with Crippen LogP contribution in [-0.2, 0) is 9.53 Å². The maximum absolute atomic E-state index is 12.2. The van der Waals surface area contributed by atoms with E-state index in [9.17, 15) is 4.79 Å². The van der Waals surface area contributed by atoms with E-state index < -0.39 is 0 Å². The predicted molar refractivity (Wildman–Crippen MR) is 91.8 cm³/mol. The van der Waals surface area contributed by atoms with E-state index in [0.29, 0.717) is 0 Å². The Bertz CT molecular complexity index is 508. The summed E-state index contributed by atoms with van der Waals surface area (Å²) in [6.07, 6.45) is 6.76. The number of anilines is 1. The highest BCUT2D eigenvalue weighted by Crippen LogP contribution is 2.42. The van der Waals surface area contributed by atoms with Crippen molar-refractivity contribution in [2.24, 2.45) is 0 Å². The lowest BCUT2D eigenvalue weighted by Gasteiger charge is -2.42. The molecule has 1 atom stereocenters. The van der Waals surface area contributed by atoms with Gasteiger partial charge >= 0.3 is 0 Å². The van der Waals surface area contributed by atoms with Crippen molar-refractivity contribution in [1.29, 1.82) is 0 Å². The van der Waals surface area contributed by atoms with Crippen LogP contribution >= 0.6 is 12.4 Å². The maximum atomic E-state index is 12.2. The Morgan fingerprint density at radius 3 is 2.45 bits per heavy atom. The molecular weight excluding hydrogens is 298 g/mol. The summed E-state index contributed by atoms with van der Waals surface area (Å²) in [4.78, 5) is 14.2. The summed E-state index contributed by atoms with van der Waals surface area (Å²) in [5.74, 6) is 0.138. The third-order valence-electron chi connectivity index (χ3n) is 5.00. The van der Waals surface area contributed by atoms with Gasteiger partial charge in [0.05, 0.1) is 5.60 Å². The third kappa shape index (κ3) is 3.47. The van der Waals surface area contributed by atoms with E-state index in [-0.39, 0.29) is 30.0 Å². The molecule has 1 aliphatic heterocycles. The number of hydrogen-bond donors (Lipinski definition) is 0. The number of benzene rings is 1. The second-order valence-electron chi connectivity index (χ2n) is 6.61. The van der Waals surface area contributed by atoms with Crippen molar-refractivity contribution in [3.8, 4) is 0 Å². The summed E-state index contributed by atoms with van der Waals surface area (Å²) in [5.41, 5.74) is 2.29. The molecule has 4 heteroatoms. The highest BCUT2D eigenvalue weighted by molar-refractivity contribution is 5.92. The highest BCUT2D eigenvalue weighted by atomic mass is 35.5. The molecule has 1 unspecified atom stereocenters. The molecule has 0 bridgehead atoms. The minimum atomic E-state index is 0. The molecular formula is C18H26ClNO2. The Kier molecular flexibility index (Phi) is 5.51. The van der Waals surface area contributed by atoms with E-state index in [0.717, 1.165) is 38.0 Å². The molecule has 1 aliphatic carbocycles. The molecule has 1 aromatic rings. The van der Waals surface area contributed by atoms with Crippen molar-refractivity contribution in [3.63, 3.8) is 0 Å². The molecule has 122 valence electrons. The molecule has 1 amide bonds. The minimum absolute atomic E-state index is 0. The van der Waals surface area contributed by atoms with E-state index in [2.05, 4.69) is 31.2 Å². The highest BCUT2D eigenvalue weighted by Gasteiger charge is 2.42. The number of amides is 1. The standard InChI is InChI=1S/C18H25NO2.ClH/c1-14-5-7-16(8-6-14)19(15(2)20)17-9-12-21-18(13-17)10-3-4-11-18;/h5-8,17H,3-4,9-13H2,1-2H3;1H. The van der Waals surface area contributed by atoms with Gasteiger partial charge in [0.15, 0.2) is 0 Å². The summed E-state index contributed by atoms with van der Waals surface area (Å²) in [5, 5.41) is 0. The second kappa shape index (κ2) is 7.01. The van der Waals surface area contributed by atoms with Crippen molar-refractivity contribution in [2.75, 3.05) is 11.5 Å². The predicted octanol–water partition coefficient (Wildman–Crippen LogP) is 4.26. The minimum Gasteiger partial charge on any atom is -0.375 e. The Hall–Kier alpha value is -1.06. The molecule has 2 aliphatic rings. The van der Waals surface area contributed by atoms with Gasteiger partial charge in [0.1, 0.15) is 0 Å². The number of nitrogens with zero attached hydrogens (tertiary/aromatic N) is 1. The maximum Gasteiger partial charge on any atom is 0.224 e. The first-order chi connectivity index (χ1) is 10.1. The molecule has 0 radical (unpaired) electrons. The number of hydrogen-bond acceptors (Lipinski definition) is 2. The number of ether oxygens (including phenoxy) is 1. The molecule has 1 aromatic carbocycles. The van der Waals surface area contributed by atoms with Crippen LogP contribution in [0.5, 0.6) is 0 Å². The van der Waals surface area contributed by atoms with Gasteiger partial charge in [-0.05, 0) is 44.7 Å². The van der Waals surface area contributed by atoms with Gasteiger partial charge in [-0.3, -0.25) is 4.79 Å². The number of rotatable bonds is 2. The zero-order chi connectivity index (χ0) is 14.9. The summed E-state index contributed by atoms with van der Waals surface area (Å²) in [7, 11) is 0. The van der Waals surface area contributed by atoms with Gasteiger partial charge in [0.2, 0.25) is 5.91 Å². The number of halogens is 1. The Balaban J connectivity index is 0.00000176. The van der Waals surface area contributed by atoms with Gasteiger partial charge in [-0.1, -0.05) is 30.5 Å². The van der Waals surface area contributed by atoms with Crippen LogP contribution in [0.15, 0.2) is 24.3 Å². The van der Waals surface area contributed by atoms with Crippen LogP contribution in [0.3, 0.4) is 0 Å². The molecule has 3 nitrogen and oxygen atoms in total. The smallest absolute Gasteiger partial charge is 0.224 e. The molecule has 2 fully saturated rings. The first kappa shape index (κ1) is 17.3. The van der Waals surface area contributed by atoms with E-state index in [1.54, 1.807) is 6.92 Å². The quantitative estimate of drug-likeness (QED) is 0.813. The Morgan fingerprint density at radius 2 is 1.86 bits per heavy atom. The van der Waals surface area contributed by atoms with Crippen LogP contribution in [0.2, 0.25) is 0 Å².